The monoisotopic (exact) mass is 304 g/mol. The number of nitrogens with one attached hydrogen (secondary N) is 2. The number of benzene rings is 1. The summed E-state index contributed by atoms with van der Waals surface area (Å²) in [5.41, 5.74) is 7.06. The summed E-state index contributed by atoms with van der Waals surface area (Å²) in [4.78, 5) is 25.7. The van der Waals surface area contributed by atoms with Gasteiger partial charge in [0.15, 0.2) is 5.76 Å². The number of hydrogen-bond donors (Lipinski definition) is 3. The third kappa shape index (κ3) is 3.37. The molecule has 0 spiro atoms. The number of nitrogen functional groups attached to an aromatic ring is 1. The Morgan fingerprint density at radius 3 is 2.59 bits per heavy atom. The molecule has 0 saturated heterocycles. The van der Waals surface area contributed by atoms with Crippen LogP contribution in [0, 0.1) is 0 Å². The van der Waals surface area contributed by atoms with E-state index in [0.717, 1.165) is 6.54 Å². The zero-order chi connectivity index (χ0) is 16.3. The van der Waals surface area contributed by atoms with Crippen molar-refractivity contribution in [1.82, 2.24) is 15.5 Å². The fourth-order valence-corrected chi connectivity index (χ4v) is 2.02. The Labute approximate surface area is 128 Å². The van der Waals surface area contributed by atoms with E-state index in [9.17, 15) is 9.59 Å². The van der Waals surface area contributed by atoms with E-state index in [1.807, 2.05) is 19.0 Å². The maximum absolute atomic E-state index is 12.2. The Morgan fingerprint density at radius 1 is 1.23 bits per heavy atom. The van der Waals surface area contributed by atoms with Gasteiger partial charge in [0.1, 0.15) is 5.58 Å². The molecule has 0 saturated carbocycles. The minimum absolute atomic E-state index is 0.182. The molecule has 0 aliphatic rings. The van der Waals surface area contributed by atoms with E-state index in [2.05, 4.69) is 10.6 Å². The van der Waals surface area contributed by atoms with Crippen LogP contribution in [0.1, 0.15) is 20.9 Å². The first-order valence-corrected chi connectivity index (χ1v) is 6.90. The number of hydrogen-bond acceptors (Lipinski definition) is 5. The third-order valence-electron chi connectivity index (χ3n) is 3.23. The van der Waals surface area contributed by atoms with E-state index in [1.165, 1.54) is 7.05 Å². The molecule has 2 aromatic rings. The van der Waals surface area contributed by atoms with Crippen LogP contribution in [-0.2, 0) is 0 Å². The highest BCUT2D eigenvalue weighted by Crippen LogP contribution is 2.25. The van der Waals surface area contributed by atoms with E-state index in [4.69, 9.17) is 10.2 Å². The molecule has 118 valence electrons. The molecule has 7 nitrogen and oxygen atoms in total. The van der Waals surface area contributed by atoms with Crippen LogP contribution in [0.3, 0.4) is 0 Å². The first kappa shape index (κ1) is 15.8. The molecule has 0 fully saturated rings. The first-order valence-electron chi connectivity index (χ1n) is 6.90. The van der Waals surface area contributed by atoms with Crippen LogP contribution in [0.25, 0.3) is 11.0 Å². The van der Waals surface area contributed by atoms with Gasteiger partial charge in [0.2, 0.25) is 0 Å². The lowest BCUT2D eigenvalue weighted by Crippen LogP contribution is -2.31. The van der Waals surface area contributed by atoms with Crippen LogP contribution in [0.15, 0.2) is 22.6 Å². The molecule has 0 unspecified atom stereocenters. The number of rotatable bonds is 5. The van der Waals surface area contributed by atoms with Crippen molar-refractivity contribution in [1.29, 1.82) is 0 Å². The fourth-order valence-electron chi connectivity index (χ4n) is 2.02. The van der Waals surface area contributed by atoms with Crippen molar-refractivity contribution in [2.45, 2.75) is 0 Å². The van der Waals surface area contributed by atoms with Gasteiger partial charge in [-0.1, -0.05) is 0 Å². The van der Waals surface area contributed by atoms with Crippen LogP contribution in [0.4, 0.5) is 5.69 Å². The highest BCUT2D eigenvalue weighted by Gasteiger charge is 2.15. The van der Waals surface area contributed by atoms with Crippen LogP contribution in [-0.4, -0.2) is 50.9 Å². The fraction of sp³-hybridized carbons (Fsp3) is 0.333. The molecule has 1 aromatic carbocycles. The summed E-state index contributed by atoms with van der Waals surface area (Å²) in [7, 11) is 5.37. The smallest absolute Gasteiger partial charge is 0.286 e. The van der Waals surface area contributed by atoms with Gasteiger partial charge in [-0.3, -0.25) is 9.59 Å². The van der Waals surface area contributed by atoms with Crippen LogP contribution < -0.4 is 16.4 Å². The lowest BCUT2D eigenvalue weighted by Gasteiger charge is -2.11. The molecule has 0 radical (unpaired) electrons. The average Bonchev–Trinajstić information content (AvgIpc) is 2.87. The third-order valence-corrected chi connectivity index (χ3v) is 3.23. The number of nitrogens with zero attached hydrogens (tertiary/aromatic N) is 1. The van der Waals surface area contributed by atoms with Crippen molar-refractivity contribution < 1.29 is 14.0 Å². The predicted octanol–water partition coefficient (Wildman–Crippen LogP) is 0.666. The molecule has 2 amide bonds. The molecule has 1 aromatic heterocycles. The van der Waals surface area contributed by atoms with Crippen molar-refractivity contribution in [2.75, 3.05) is 40.0 Å². The van der Waals surface area contributed by atoms with E-state index >= 15 is 0 Å². The second kappa shape index (κ2) is 6.48. The molecule has 1 heterocycles. The normalized spacial score (nSPS) is 10.9. The van der Waals surface area contributed by atoms with E-state index in [-0.39, 0.29) is 17.6 Å². The molecule has 4 N–H and O–H groups in total. The van der Waals surface area contributed by atoms with Crippen molar-refractivity contribution in [3.63, 3.8) is 0 Å². The van der Waals surface area contributed by atoms with Gasteiger partial charge in [0, 0.05) is 31.2 Å². The van der Waals surface area contributed by atoms with Crippen molar-refractivity contribution >= 4 is 28.5 Å². The minimum atomic E-state index is -0.327. The summed E-state index contributed by atoms with van der Waals surface area (Å²) in [5, 5.41) is 5.96. The lowest BCUT2D eigenvalue weighted by atomic mass is 10.1. The second-order valence-electron chi connectivity index (χ2n) is 5.23. The molecule has 0 atom stereocenters. The van der Waals surface area contributed by atoms with E-state index < -0.39 is 0 Å². The molecule has 0 aliphatic heterocycles. The number of amides is 2. The molecule has 7 heteroatoms. The summed E-state index contributed by atoms with van der Waals surface area (Å²) < 4.78 is 5.45. The maximum Gasteiger partial charge on any atom is 0.286 e. The van der Waals surface area contributed by atoms with Crippen molar-refractivity contribution in [3.8, 4) is 0 Å². The standard InChI is InChI=1S/C15H20N4O3/c1-17-15(21)13-7-9-6-11(16)10(8-12(9)22-13)14(20)18-4-5-19(2)3/h6-8H,4-5,16H2,1-3H3,(H,17,21)(H,18,20). The van der Waals surface area contributed by atoms with Crippen LogP contribution in [0.5, 0.6) is 0 Å². The lowest BCUT2D eigenvalue weighted by molar-refractivity contribution is 0.0935. The molecule has 2 rings (SSSR count). The highest BCUT2D eigenvalue weighted by molar-refractivity contribution is 6.04. The Hall–Kier alpha value is -2.54. The number of nitrogens with two attached hydrogens (primary N) is 1. The minimum Gasteiger partial charge on any atom is -0.451 e. The summed E-state index contributed by atoms with van der Waals surface area (Å²) in [6.45, 7) is 1.25. The Bertz CT molecular complexity index is 706. The largest absolute Gasteiger partial charge is 0.451 e. The molecule has 0 bridgehead atoms. The van der Waals surface area contributed by atoms with Gasteiger partial charge in [-0.15, -0.1) is 0 Å². The summed E-state index contributed by atoms with van der Waals surface area (Å²) in [6, 6.07) is 4.78. The zero-order valence-corrected chi connectivity index (χ0v) is 12.9. The summed E-state index contributed by atoms with van der Waals surface area (Å²) in [6.07, 6.45) is 0. The molecular formula is C15H20N4O3. The summed E-state index contributed by atoms with van der Waals surface area (Å²) in [5.74, 6) is -0.409. The van der Waals surface area contributed by atoms with Crippen molar-refractivity contribution in [2.24, 2.45) is 0 Å². The number of carbonyl (C=O) groups is 2. The molecule has 22 heavy (non-hydrogen) atoms. The van der Waals surface area contributed by atoms with Gasteiger partial charge in [-0.05, 0) is 32.3 Å². The summed E-state index contributed by atoms with van der Waals surface area (Å²) >= 11 is 0. The van der Waals surface area contributed by atoms with Crippen molar-refractivity contribution in [3.05, 3.63) is 29.5 Å². The number of fused-ring (bicyclic) bond motifs is 1. The first-order chi connectivity index (χ1) is 10.4. The average molecular weight is 304 g/mol. The topological polar surface area (TPSA) is 101 Å². The van der Waals surface area contributed by atoms with Gasteiger partial charge in [-0.2, -0.15) is 0 Å². The van der Waals surface area contributed by atoms with E-state index in [1.54, 1.807) is 18.2 Å². The van der Waals surface area contributed by atoms with Gasteiger partial charge in [-0.25, -0.2) is 0 Å². The predicted molar refractivity (Wildman–Crippen MR) is 84.9 cm³/mol. The second-order valence-corrected chi connectivity index (χ2v) is 5.23. The van der Waals surface area contributed by atoms with Crippen LogP contribution in [0.2, 0.25) is 0 Å². The molecule has 0 aliphatic carbocycles. The van der Waals surface area contributed by atoms with E-state index in [0.29, 0.717) is 28.8 Å². The SMILES string of the molecule is CNC(=O)c1cc2cc(N)c(C(=O)NCCN(C)C)cc2o1. The number of furan rings is 1. The quantitative estimate of drug-likeness (QED) is 0.705. The molecular weight excluding hydrogens is 284 g/mol. The number of anilines is 1. The Balaban J connectivity index is 2.25. The Kier molecular flexibility index (Phi) is 4.67. The zero-order valence-electron chi connectivity index (χ0n) is 12.9. The highest BCUT2D eigenvalue weighted by atomic mass is 16.3. The van der Waals surface area contributed by atoms with Gasteiger partial charge < -0.3 is 25.7 Å². The van der Waals surface area contributed by atoms with Gasteiger partial charge in [0.05, 0.1) is 5.56 Å². The maximum atomic E-state index is 12.2. The number of likely N-dealkylation sites (N-methyl/N-ethyl adjacent to an activating group) is 1. The van der Waals surface area contributed by atoms with Gasteiger partial charge in [0.25, 0.3) is 11.8 Å². The van der Waals surface area contributed by atoms with Crippen LogP contribution >= 0.6 is 0 Å². The Morgan fingerprint density at radius 2 is 1.95 bits per heavy atom. The van der Waals surface area contributed by atoms with Gasteiger partial charge >= 0.3 is 0 Å². The number of carbonyl (C=O) groups excluding carboxylic acids is 2.